The van der Waals surface area contributed by atoms with Crippen LogP contribution in [0.1, 0.15) is 44.5 Å². The van der Waals surface area contributed by atoms with E-state index in [1.54, 1.807) is 7.11 Å². The van der Waals surface area contributed by atoms with E-state index in [2.05, 4.69) is 353 Å². The molecule has 4 aliphatic rings. The molecule has 0 radical (unpaired) electrons. The minimum Gasteiger partial charge on any atom is -0.497 e. The molecule has 92 heavy (non-hydrogen) atoms. The zero-order chi connectivity index (χ0) is 60.7. The van der Waals surface area contributed by atoms with E-state index in [0.29, 0.717) is 0 Å². The maximum atomic E-state index is 5.86. The average Bonchev–Trinajstić information content (AvgIpc) is 1.45. The van der Waals surface area contributed by atoms with Crippen molar-refractivity contribution in [3.8, 4) is 44.8 Å². The van der Waals surface area contributed by atoms with Crippen molar-refractivity contribution in [3.05, 3.63) is 378 Å². The van der Waals surface area contributed by atoms with Gasteiger partial charge in [-0.25, -0.2) is 0 Å². The monoisotopic (exact) mass is 1170 g/mol. The summed E-state index contributed by atoms with van der Waals surface area (Å²) in [5.41, 5.74) is 28.9. The molecule has 15 aromatic rings. The molecular weight excluding hydrogens is 1120 g/mol. The Hall–Kier alpha value is -11.9. The molecule has 1 aliphatic heterocycles. The summed E-state index contributed by atoms with van der Waals surface area (Å²) in [5.74, 6) is 0.802. The molecule has 1 aromatic heterocycles. The fraction of sp³-hybridized carbons (Fsp3) is 0.0345. The highest BCUT2D eigenvalue weighted by Crippen LogP contribution is 2.72. The molecule has 19 rings (SSSR count). The topological polar surface area (TPSA) is 23.9 Å². The number of methoxy groups -OCH3 is 1. The quantitative estimate of drug-likeness (QED) is 0.144. The van der Waals surface area contributed by atoms with Crippen molar-refractivity contribution < 1.29 is 4.74 Å². The van der Waals surface area contributed by atoms with E-state index >= 15 is 0 Å². The first-order valence-corrected chi connectivity index (χ1v) is 31.8. The maximum Gasteiger partial charge on any atom is 0.119 e. The minimum atomic E-state index is -0.824. The number of ether oxygens (including phenoxy) is 1. The Kier molecular flexibility index (Phi) is 11.3. The molecule has 3 aliphatic carbocycles. The van der Waals surface area contributed by atoms with Gasteiger partial charge in [0, 0.05) is 56.0 Å². The molecule has 0 N–H and O–H groups in total. The van der Waals surface area contributed by atoms with Gasteiger partial charge in [0.05, 0.1) is 51.7 Å². The zero-order valence-corrected chi connectivity index (χ0v) is 50.5. The van der Waals surface area contributed by atoms with E-state index in [0.717, 1.165) is 73.7 Å². The first kappa shape index (κ1) is 52.1. The van der Waals surface area contributed by atoms with Crippen LogP contribution in [-0.2, 0) is 10.8 Å². The summed E-state index contributed by atoms with van der Waals surface area (Å²) in [6, 6.07) is 125. The van der Waals surface area contributed by atoms with Crippen LogP contribution in [0.5, 0.6) is 5.75 Å². The molecule has 2 spiro atoms. The van der Waals surface area contributed by atoms with Crippen molar-refractivity contribution in [2.24, 2.45) is 0 Å². The van der Waals surface area contributed by atoms with Gasteiger partial charge in [0.1, 0.15) is 5.75 Å². The Balaban J connectivity index is 0.992. The fourth-order valence-corrected chi connectivity index (χ4v) is 16.8. The number of hydrogen-bond donors (Lipinski definition) is 0. The van der Waals surface area contributed by atoms with E-state index < -0.39 is 10.8 Å². The molecule has 0 unspecified atom stereocenters. The average molecular weight is 1180 g/mol. The van der Waals surface area contributed by atoms with Crippen LogP contribution in [0, 0.1) is 0 Å². The number of hydrogen-bond acceptors (Lipinski definition) is 4. The van der Waals surface area contributed by atoms with Crippen molar-refractivity contribution in [2.75, 3.05) is 21.8 Å². The first-order chi connectivity index (χ1) is 45.7. The van der Waals surface area contributed by atoms with Gasteiger partial charge in [-0.3, -0.25) is 0 Å². The van der Waals surface area contributed by atoms with Crippen LogP contribution in [0.2, 0.25) is 0 Å². The van der Waals surface area contributed by atoms with Gasteiger partial charge < -0.3 is 24.0 Å². The molecule has 0 saturated carbocycles. The van der Waals surface area contributed by atoms with Crippen LogP contribution < -0.4 is 19.4 Å². The Bertz CT molecular complexity index is 5370. The van der Waals surface area contributed by atoms with E-state index in [-0.39, 0.29) is 0 Å². The van der Waals surface area contributed by atoms with E-state index in [4.69, 9.17) is 4.74 Å². The molecule has 0 bridgehead atoms. The third-order valence-corrected chi connectivity index (χ3v) is 20.2. The summed E-state index contributed by atoms with van der Waals surface area (Å²) in [6.07, 6.45) is 0. The van der Waals surface area contributed by atoms with Gasteiger partial charge >= 0.3 is 0 Å². The number of benzene rings is 14. The number of fused-ring (bicyclic) bond motifs is 23. The third-order valence-electron chi connectivity index (χ3n) is 20.2. The molecule has 0 saturated heterocycles. The molecule has 432 valence electrons. The second-order valence-electron chi connectivity index (χ2n) is 24.5. The molecular formula is C87H58N4O. The SMILES string of the molecule is COc1ccc(N(c2ccccc2)c2cccc3c2-c2c(ccc4c2N(c2ccccc2)c2c(N(c5ccccc5)c5ccc6c(c5)c5ccccc5n6-c5ccccc5)cccc2C42c4ccccc4-c4ccccc42)C32c3ccccc3-c3ccccc32)cc1. The molecule has 5 heteroatoms. The maximum absolute atomic E-state index is 5.86. The van der Waals surface area contributed by atoms with Gasteiger partial charge in [0.2, 0.25) is 0 Å². The highest BCUT2D eigenvalue weighted by Gasteiger charge is 2.58. The van der Waals surface area contributed by atoms with Gasteiger partial charge in [0.15, 0.2) is 0 Å². The lowest BCUT2D eigenvalue weighted by molar-refractivity contribution is 0.415. The standard InChI is InChI=1S/C87H58N4O/c1-92-63-51-48-61(49-52-63)88(57-26-6-2-7-27-57)80-46-24-43-74-82(80)83-75(86(74)70-39-19-14-34-64(70)65-35-15-20-40-71(65)86)53-54-77-85(83)91(60-32-12-5-13-33-60)84-76(87(77)72-41-21-16-36-66(72)67-37-17-22-42-73(67)87)44-25-47-81(84)89(58-28-8-3-9-29-58)62-50-55-79-69(56-62)68-38-18-23-45-78(68)90(79)59-30-10-4-11-31-59/h2-56H,1H3. The van der Waals surface area contributed by atoms with Gasteiger partial charge in [-0.1, -0.05) is 224 Å². The summed E-state index contributed by atoms with van der Waals surface area (Å²) >= 11 is 0. The van der Waals surface area contributed by atoms with Crippen LogP contribution in [0.15, 0.2) is 334 Å². The van der Waals surface area contributed by atoms with E-state index in [1.807, 2.05) is 0 Å². The van der Waals surface area contributed by atoms with Gasteiger partial charge in [-0.2, -0.15) is 0 Å². The first-order valence-electron chi connectivity index (χ1n) is 31.8. The number of nitrogens with zero attached hydrogens (tertiary/aromatic N) is 4. The van der Waals surface area contributed by atoms with Crippen LogP contribution in [0.25, 0.3) is 60.9 Å². The zero-order valence-electron chi connectivity index (χ0n) is 50.5. The Morgan fingerprint density at radius 1 is 0.283 bits per heavy atom. The summed E-state index contributed by atoms with van der Waals surface area (Å²) < 4.78 is 8.27. The predicted molar refractivity (Wildman–Crippen MR) is 379 cm³/mol. The fourth-order valence-electron chi connectivity index (χ4n) is 16.8. The van der Waals surface area contributed by atoms with Gasteiger partial charge in [-0.15, -0.1) is 0 Å². The summed E-state index contributed by atoms with van der Waals surface area (Å²) in [4.78, 5) is 7.68. The lowest BCUT2D eigenvalue weighted by Gasteiger charge is -2.48. The van der Waals surface area contributed by atoms with Crippen LogP contribution in [0.4, 0.5) is 51.2 Å². The number of aromatic nitrogens is 1. The molecule has 0 atom stereocenters. The molecule has 0 amide bonds. The van der Waals surface area contributed by atoms with Crippen LogP contribution in [-0.4, -0.2) is 11.7 Å². The highest BCUT2D eigenvalue weighted by molar-refractivity contribution is 6.14. The van der Waals surface area contributed by atoms with Crippen LogP contribution in [0.3, 0.4) is 0 Å². The Morgan fingerprint density at radius 3 is 1.28 bits per heavy atom. The summed E-state index contributed by atoms with van der Waals surface area (Å²) in [7, 11) is 1.74. The van der Waals surface area contributed by atoms with Crippen LogP contribution >= 0.6 is 0 Å². The second kappa shape index (κ2) is 20.0. The van der Waals surface area contributed by atoms with E-state index in [1.165, 1.54) is 88.7 Å². The normalized spacial score (nSPS) is 13.6. The second-order valence-corrected chi connectivity index (χ2v) is 24.5. The van der Waals surface area contributed by atoms with E-state index in [9.17, 15) is 0 Å². The molecule has 2 heterocycles. The number of para-hydroxylation sites is 6. The van der Waals surface area contributed by atoms with Gasteiger partial charge in [-0.05, 0) is 176 Å². The largest absolute Gasteiger partial charge is 0.497 e. The third kappa shape index (κ3) is 7.02. The number of anilines is 9. The van der Waals surface area contributed by atoms with Crippen molar-refractivity contribution in [1.82, 2.24) is 4.57 Å². The van der Waals surface area contributed by atoms with Crippen molar-refractivity contribution >= 4 is 73.0 Å². The smallest absolute Gasteiger partial charge is 0.119 e. The minimum absolute atomic E-state index is 0.726. The Labute approximate surface area is 534 Å². The Morgan fingerprint density at radius 2 is 0.696 bits per heavy atom. The van der Waals surface area contributed by atoms with Crippen molar-refractivity contribution in [2.45, 2.75) is 10.8 Å². The van der Waals surface area contributed by atoms with Gasteiger partial charge in [0.25, 0.3) is 0 Å². The highest BCUT2D eigenvalue weighted by atomic mass is 16.5. The van der Waals surface area contributed by atoms with Crippen molar-refractivity contribution in [3.63, 3.8) is 0 Å². The lowest BCUT2D eigenvalue weighted by Crippen LogP contribution is -2.37. The predicted octanol–water partition coefficient (Wildman–Crippen LogP) is 22.2. The molecule has 0 fully saturated rings. The lowest BCUT2D eigenvalue weighted by atomic mass is 9.63. The van der Waals surface area contributed by atoms with Crippen molar-refractivity contribution in [1.29, 1.82) is 0 Å². The number of rotatable bonds is 9. The summed E-state index contributed by atoms with van der Waals surface area (Å²) in [6.45, 7) is 0. The molecule has 14 aromatic carbocycles. The summed E-state index contributed by atoms with van der Waals surface area (Å²) in [5, 5.41) is 2.37. The molecule has 5 nitrogen and oxygen atoms in total.